The van der Waals surface area contributed by atoms with E-state index in [2.05, 4.69) is 4.72 Å². The Balaban J connectivity index is 1.07. The van der Waals surface area contributed by atoms with E-state index in [9.17, 15) is 27.2 Å². The van der Waals surface area contributed by atoms with Gasteiger partial charge in [0.1, 0.15) is 28.8 Å². The van der Waals surface area contributed by atoms with Gasteiger partial charge in [-0.1, -0.05) is 49.3 Å². The molecule has 1 saturated heterocycles. The van der Waals surface area contributed by atoms with Gasteiger partial charge in [0.15, 0.2) is 11.6 Å². The highest BCUT2D eigenvalue weighted by molar-refractivity contribution is 7.90. The summed E-state index contributed by atoms with van der Waals surface area (Å²) in [7, 11) is -3.87. The lowest BCUT2D eigenvalue weighted by Gasteiger charge is -2.29. The zero-order chi connectivity index (χ0) is 43.2. The first kappa shape index (κ1) is 41.7. The number of hydrogen-bond donors (Lipinski definition) is 1. The zero-order valence-electron chi connectivity index (χ0n) is 34.9. The Morgan fingerprint density at radius 3 is 2.58 bits per heavy atom. The van der Waals surface area contributed by atoms with Gasteiger partial charge in [0.05, 0.1) is 29.4 Å². The maximum absolute atomic E-state index is 14.9. The fraction of sp³-hybridized carbons (Fsp3) is 0.438. The molecule has 324 valence electrons. The molecule has 12 nitrogen and oxygen atoms in total. The molecule has 4 heterocycles. The van der Waals surface area contributed by atoms with Crippen molar-refractivity contribution in [3.63, 3.8) is 0 Å². The summed E-state index contributed by atoms with van der Waals surface area (Å²) in [5, 5.41) is 0.156. The van der Waals surface area contributed by atoms with Gasteiger partial charge in [0, 0.05) is 29.7 Å². The van der Waals surface area contributed by atoms with Crippen LogP contribution in [0, 0.1) is 23.1 Å². The highest BCUT2D eigenvalue weighted by atomic mass is 32.2. The van der Waals surface area contributed by atoms with Crippen molar-refractivity contribution >= 4 is 49.7 Å². The van der Waals surface area contributed by atoms with Crippen LogP contribution in [0.2, 0.25) is 0 Å². The van der Waals surface area contributed by atoms with E-state index in [1.54, 1.807) is 17.0 Å². The van der Waals surface area contributed by atoms with E-state index in [1.807, 2.05) is 74.5 Å². The molecule has 3 aromatic carbocycles. The molecule has 0 radical (unpaired) electrons. The molecule has 2 aromatic heterocycles. The Kier molecular flexibility index (Phi) is 11.4. The molecule has 2 amide bonds. The first-order valence-electron chi connectivity index (χ1n) is 21.8. The number of ether oxygens (including phenoxy) is 2. The minimum atomic E-state index is -3.87. The number of aromatic nitrogens is 2. The number of benzene rings is 3. The van der Waals surface area contributed by atoms with Crippen LogP contribution < -0.4 is 14.2 Å². The van der Waals surface area contributed by atoms with E-state index >= 15 is 0 Å². The topological polar surface area (TPSA) is 158 Å². The number of nitrogens with one attached hydrogen (secondary N) is 1. The number of fused-ring (bicyclic) bond motifs is 5. The third kappa shape index (κ3) is 8.71. The number of sulfonamides is 1. The number of hydrogen-bond acceptors (Lipinski definition) is 10. The van der Waals surface area contributed by atoms with Gasteiger partial charge < -0.3 is 18.8 Å². The van der Waals surface area contributed by atoms with Gasteiger partial charge in [-0.25, -0.2) is 17.8 Å². The summed E-state index contributed by atoms with van der Waals surface area (Å²) < 4.78 is 61.7. The Hall–Kier alpha value is -5.63. The van der Waals surface area contributed by atoms with Crippen molar-refractivity contribution in [2.45, 2.75) is 108 Å². The molecule has 0 bridgehead atoms. The highest BCUT2D eigenvalue weighted by Crippen LogP contribution is 2.57. The van der Waals surface area contributed by atoms with Gasteiger partial charge in [-0.2, -0.15) is 4.98 Å². The van der Waals surface area contributed by atoms with Crippen LogP contribution in [0.15, 0.2) is 89.4 Å². The number of para-hydroxylation sites is 1. The lowest BCUT2D eigenvalue weighted by atomic mass is 9.90. The SMILES string of the molecule is CC(C)Oc1ccc(-c2nc(O[C@@H]3C[C@H]4C(=O)C[C@]5(C(=O)NS(=O)(=O)C6CC6)C[C@@H]5/C=C\CCCCC[C@H](Cc5cccc(F)c5)C(=O)N4C3)c3oc4ccccc4c3n2)cc1. The predicted molar refractivity (Wildman–Crippen MR) is 231 cm³/mol. The molecule has 1 N–H and O–H groups in total. The Morgan fingerprint density at radius 2 is 1.81 bits per heavy atom. The second-order valence-electron chi connectivity index (χ2n) is 17.7. The quantitative estimate of drug-likeness (QED) is 0.136. The summed E-state index contributed by atoms with van der Waals surface area (Å²) in [5.74, 6) is -1.31. The predicted octanol–water partition coefficient (Wildman–Crippen LogP) is 8.27. The van der Waals surface area contributed by atoms with Gasteiger partial charge in [-0.05, 0) is 119 Å². The lowest BCUT2D eigenvalue weighted by Crippen LogP contribution is -2.46. The molecular weight excluding hydrogens is 812 g/mol. The molecule has 0 unspecified atom stereocenters. The van der Waals surface area contributed by atoms with Crippen molar-refractivity contribution in [1.82, 2.24) is 19.6 Å². The summed E-state index contributed by atoms with van der Waals surface area (Å²) in [6.07, 6.45) is 8.40. The van der Waals surface area contributed by atoms with Crippen molar-refractivity contribution in [2.24, 2.45) is 17.3 Å². The van der Waals surface area contributed by atoms with Gasteiger partial charge >= 0.3 is 0 Å². The average molecular weight is 863 g/mol. The summed E-state index contributed by atoms with van der Waals surface area (Å²) in [4.78, 5) is 55.1. The molecule has 2 saturated carbocycles. The number of allylic oxidation sites excluding steroid dienone is 2. The number of ketones is 1. The fourth-order valence-electron chi connectivity index (χ4n) is 9.16. The number of halogens is 1. The van der Waals surface area contributed by atoms with E-state index in [-0.39, 0.29) is 55.4 Å². The number of nitrogens with zero attached hydrogens (tertiary/aromatic N) is 3. The number of carbonyl (C=O) groups is 3. The Labute approximate surface area is 360 Å². The summed E-state index contributed by atoms with van der Waals surface area (Å²) in [6, 6.07) is 20.2. The number of carbonyl (C=O) groups excluding carboxylic acids is 3. The van der Waals surface area contributed by atoms with Crippen LogP contribution in [-0.2, 0) is 30.8 Å². The largest absolute Gasteiger partial charge is 0.491 e. The summed E-state index contributed by atoms with van der Waals surface area (Å²) >= 11 is 0. The van der Waals surface area contributed by atoms with Crippen molar-refractivity contribution in [3.05, 3.63) is 96.3 Å². The van der Waals surface area contributed by atoms with Crippen LogP contribution >= 0.6 is 0 Å². The molecule has 9 rings (SSSR count). The van der Waals surface area contributed by atoms with Crippen LogP contribution in [0.25, 0.3) is 33.5 Å². The smallest absolute Gasteiger partial charge is 0.262 e. The first-order chi connectivity index (χ1) is 29.9. The van der Waals surface area contributed by atoms with Crippen LogP contribution in [0.5, 0.6) is 11.6 Å². The van der Waals surface area contributed by atoms with Crippen molar-refractivity contribution in [2.75, 3.05) is 6.54 Å². The monoisotopic (exact) mass is 862 g/mol. The van der Waals surface area contributed by atoms with Crippen LogP contribution in [0.4, 0.5) is 4.39 Å². The van der Waals surface area contributed by atoms with Crippen LogP contribution in [0.3, 0.4) is 0 Å². The minimum Gasteiger partial charge on any atom is -0.491 e. The fourth-order valence-corrected chi connectivity index (χ4v) is 10.5. The molecule has 14 heteroatoms. The molecular formula is C48H51FN4O8S. The molecule has 5 atom stereocenters. The molecule has 4 aliphatic rings. The molecule has 2 aliphatic heterocycles. The second kappa shape index (κ2) is 16.9. The second-order valence-corrected chi connectivity index (χ2v) is 19.6. The maximum atomic E-state index is 14.9. The Morgan fingerprint density at radius 1 is 1.00 bits per heavy atom. The van der Waals surface area contributed by atoms with Gasteiger partial charge in [-0.3, -0.25) is 19.1 Å². The standard InChI is InChI=1S/C48H51FN4O8S/c1-29(2)59-35-19-17-31(18-20-35)44-50-42-38-15-8-9-16-41(38)61-43(42)45(51-44)60-36-25-39-40(54)27-48(47(56)52-62(57,58)37-21-22-37)26-33(48)13-7-5-3-4-6-12-32(46(55)53(39)28-36)23-30-11-10-14-34(49)24-30/h7-11,13-20,24,29,32-33,36-37,39H,3-6,12,21-23,25-28H2,1-2H3,(H,52,56)/b13-7-/t32-,33+,36-,39+,48-/m1/s1. The average Bonchev–Trinajstić information content (AvgIpc) is 4.14. The van der Waals surface area contributed by atoms with Gasteiger partial charge in [0.25, 0.3) is 5.88 Å². The van der Waals surface area contributed by atoms with Crippen molar-refractivity contribution in [3.8, 4) is 23.0 Å². The third-order valence-electron chi connectivity index (χ3n) is 12.7. The van der Waals surface area contributed by atoms with E-state index in [4.69, 9.17) is 23.9 Å². The van der Waals surface area contributed by atoms with E-state index < -0.39 is 50.5 Å². The molecule has 3 fully saturated rings. The van der Waals surface area contributed by atoms with Gasteiger partial charge in [-0.15, -0.1) is 0 Å². The molecule has 5 aromatic rings. The van der Waals surface area contributed by atoms with Crippen LogP contribution in [0.1, 0.15) is 83.6 Å². The summed E-state index contributed by atoms with van der Waals surface area (Å²) in [5.41, 5.74) is 1.58. The number of amides is 2. The van der Waals surface area contributed by atoms with E-state index in [1.165, 1.54) is 12.1 Å². The Bertz CT molecular complexity index is 2660. The number of furan rings is 1. The molecule has 2 aliphatic carbocycles. The molecule has 0 spiro atoms. The van der Waals surface area contributed by atoms with E-state index in [0.29, 0.717) is 65.1 Å². The van der Waals surface area contributed by atoms with E-state index in [0.717, 1.165) is 31.1 Å². The number of rotatable bonds is 10. The first-order valence-corrected chi connectivity index (χ1v) is 23.3. The molecule has 62 heavy (non-hydrogen) atoms. The summed E-state index contributed by atoms with van der Waals surface area (Å²) in [6.45, 7) is 3.95. The third-order valence-corrected chi connectivity index (χ3v) is 14.5. The van der Waals surface area contributed by atoms with Crippen LogP contribution in [-0.4, -0.2) is 70.9 Å². The highest BCUT2D eigenvalue weighted by Gasteiger charge is 2.61. The van der Waals surface area contributed by atoms with Gasteiger partial charge in [0.2, 0.25) is 27.4 Å². The minimum absolute atomic E-state index is 0.00420. The van der Waals surface area contributed by atoms with Crippen molar-refractivity contribution in [1.29, 1.82) is 0 Å². The van der Waals surface area contributed by atoms with Crippen molar-refractivity contribution < 1.29 is 41.1 Å². The number of Topliss-reactive ketones (excluding diaryl/α,β-unsaturated/α-hetero) is 1. The zero-order valence-corrected chi connectivity index (χ0v) is 35.7. The lowest BCUT2D eigenvalue weighted by molar-refractivity contribution is -0.142. The normalized spacial score (nSPS) is 25.2. The maximum Gasteiger partial charge on any atom is 0.262 e.